The maximum atomic E-state index is 5.54. The quantitative estimate of drug-likeness (QED) is 0.689. The van der Waals surface area contributed by atoms with Crippen molar-refractivity contribution in [2.24, 2.45) is 0 Å². The van der Waals surface area contributed by atoms with Gasteiger partial charge in [0.15, 0.2) is 10.3 Å². The molecule has 6 heteroatoms. The number of aryl methyl sites for hydroxylation is 1. The van der Waals surface area contributed by atoms with Gasteiger partial charge in [0.05, 0.1) is 29.1 Å². The second-order valence-corrected chi connectivity index (χ2v) is 4.92. The Kier molecular flexibility index (Phi) is 2.64. The van der Waals surface area contributed by atoms with Crippen LogP contribution in [-0.2, 0) is 0 Å². The molecule has 0 aliphatic heterocycles. The molecule has 1 aromatic carbocycles. The van der Waals surface area contributed by atoms with Gasteiger partial charge < -0.3 is 10.7 Å². The summed E-state index contributed by atoms with van der Waals surface area (Å²) >= 11 is 1.38. The second-order valence-electron chi connectivity index (χ2n) is 3.96. The van der Waals surface area contributed by atoms with Crippen LogP contribution in [0, 0.1) is 6.92 Å². The first-order chi connectivity index (χ1) is 8.70. The van der Waals surface area contributed by atoms with Crippen LogP contribution in [0.5, 0.6) is 0 Å². The minimum atomic E-state index is 0.555. The first kappa shape index (κ1) is 11.0. The zero-order chi connectivity index (χ0) is 12.5. The van der Waals surface area contributed by atoms with Crippen molar-refractivity contribution >= 4 is 28.5 Å². The molecule has 0 aliphatic carbocycles. The van der Waals surface area contributed by atoms with Crippen molar-refractivity contribution in [3.63, 3.8) is 0 Å². The van der Waals surface area contributed by atoms with Crippen LogP contribution in [0.15, 0.2) is 40.9 Å². The Hall–Kier alpha value is -2.08. The molecule has 0 amide bonds. The monoisotopic (exact) mass is 257 g/mol. The van der Waals surface area contributed by atoms with Crippen molar-refractivity contribution in [3.05, 3.63) is 36.2 Å². The third-order valence-corrected chi connectivity index (χ3v) is 3.23. The first-order valence-electron chi connectivity index (χ1n) is 5.42. The van der Waals surface area contributed by atoms with E-state index in [9.17, 15) is 0 Å². The van der Waals surface area contributed by atoms with E-state index < -0.39 is 0 Å². The molecule has 0 unspecified atom stereocenters. The van der Waals surface area contributed by atoms with Gasteiger partial charge in [-0.3, -0.25) is 0 Å². The number of rotatable bonds is 2. The highest BCUT2D eigenvalue weighted by atomic mass is 32.2. The summed E-state index contributed by atoms with van der Waals surface area (Å²) in [6.45, 7) is 2.05. The van der Waals surface area contributed by atoms with Gasteiger partial charge in [0.1, 0.15) is 0 Å². The fourth-order valence-electron chi connectivity index (χ4n) is 1.61. The zero-order valence-electron chi connectivity index (χ0n) is 9.71. The van der Waals surface area contributed by atoms with Crippen molar-refractivity contribution in [2.75, 3.05) is 5.73 Å². The Morgan fingerprint density at radius 1 is 1.22 bits per heavy atom. The molecule has 5 nitrogen and oxygen atoms in total. The van der Waals surface area contributed by atoms with Gasteiger partial charge >= 0.3 is 0 Å². The SMILES string of the molecule is Cc1ccc2nc(Sc3ncc(N)cn3)[nH]c2c1. The van der Waals surface area contributed by atoms with E-state index in [1.54, 1.807) is 12.4 Å². The van der Waals surface area contributed by atoms with E-state index in [0.29, 0.717) is 10.8 Å². The summed E-state index contributed by atoms with van der Waals surface area (Å²) in [5.41, 5.74) is 9.26. The molecule has 0 radical (unpaired) electrons. The van der Waals surface area contributed by atoms with Crippen molar-refractivity contribution in [2.45, 2.75) is 17.2 Å². The third kappa shape index (κ3) is 2.14. The zero-order valence-corrected chi connectivity index (χ0v) is 10.5. The summed E-state index contributed by atoms with van der Waals surface area (Å²) in [5, 5.41) is 1.40. The lowest BCUT2D eigenvalue weighted by Crippen LogP contribution is -1.90. The number of nitrogens with two attached hydrogens (primary N) is 1. The molecule has 3 aromatic rings. The van der Waals surface area contributed by atoms with Crippen molar-refractivity contribution in [1.29, 1.82) is 0 Å². The van der Waals surface area contributed by atoms with E-state index in [2.05, 4.69) is 32.9 Å². The lowest BCUT2D eigenvalue weighted by Gasteiger charge is -1.95. The number of hydrogen-bond donors (Lipinski definition) is 2. The van der Waals surface area contributed by atoms with E-state index in [-0.39, 0.29) is 0 Å². The van der Waals surface area contributed by atoms with E-state index in [4.69, 9.17) is 5.73 Å². The third-order valence-electron chi connectivity index (χ3n) is 2.45. The van der Waals surface area contributed by atoms with Gasteiger partial charge in [-0.25, -0.2) is 15.0 Å². The Morgan fingerprint density at radius 3 is 2.78 bits per heavy atom. The first-order valence-corrected chi connectivity index (χ1v) is 6.24. The van der Waals surface area contributed by atoms with E-state index in [1.807, 2.05) is 12.1 Å². The number of fused-ring (bicyclic) bond motifs is 1. The summed E-state index contributed by atoms with van der Waals surface area (Å²) in [5.74, 6) is 0. The molecule has 0 saturated carbocycles. The minimum absolute atomic E-state index is 0.555. The average Bonchev–Trinajstić information content (AvgIpc) is 2.73. The molecular formula is C12H11N5S. The van der Waals surface area contributed by atoms with Crippen LogP contribution in [0.2, 0.25) is 0 Å². The molecule has 0 atom stereocenters. The van der Waals surface area contributed by atoms with Crippen molar-refractivity contribution in [1.82, 2.24) is 19.9 Å². The average molecular weight is 257 g/mol. The molecule has 90 valence electrons. The van der Waals surface area contributed by atoms with Crippen LogP contribution in [0.25, 0.3) is 11.0 Å². The maximum absolute atomic E-state index is 5.54. The Morgan fingerprint density at radius 2 is 2.00 bits per heavy atom. The normalized spacial score (nSPS) is 10.9. The lowest BCUT2D eigenvalue weighted by molar-refractivity contribution is 0.957. The standard InChI is InChI=1S/C12H11N5S/c1-7-2-3-9-10(4-7)17-12(16-9)18-11-14-5-8(13)6-15-11/h2-6H,13H2,1H3,(H,16,17). The largest absolute Gasteiger partial charge is 0.396 e. The summed E-state index contributed by atoms with van der Waals surface area (Å²) in [4.78, 5) is 16.0. The summed E-state index contributed by atoms with van der Waals surface area (Å²) in [6.07, 6.45) is 3.17. The summed E-state index contributed by atoms with van der Waals surface area (Å²) < 4.78 is 0. The fraction of sp³-hybridized carbons (Fsp3) is 0.0833. The van der Waals surface area contributed by atoms with Gasteiger partial charge in [0.25, 0.3) is 0 Å². The topological polar surface area (TPSA) is 80.5 Å². The molecule has 18 heavy (non-hydrogen) atoms. The molecule has 0 spiro atoms. The Labute approximate surface area is 108 Å². The summed E-state index contributed by atoms with van der Waals surface area (Å²) in [7, 11) is 0. The molecule has 0 aliphatic rings. The van der Waals surface area contributed by atoms with Gasteiger partial charge in [0, 0.05) is 0 Å². The van der Waals surface area contributed by atoms with Gasteiger partial charge in [-0.1, -0.05) is 6.07 Å². The second kappa shape index (κ2) is 4.30. The molecule has 2 aromatic heterocycles. The number of imidazole rings is 1. The van der Waals surface area contributed by atoms with E-state index in [0.717, 1.165) is 16.2 Å². The molecule has 3 N–H and O–H groups in total. The predicted molar refractivity (Wildman–Crippen MR) is 71.4 cm³/mol. The molecule has 2 heterocycles. The number of aromatic amines is 1. The molecular weight excluding hydrogens is 246 g/mol. The Balaban J connectivity index is 1.92. The minimum Gasteiger partial charge on any atom is -0.396 e. The van der Waals surface area contributed by atoms with Crippen LogP contribution in [0.1, 0.15) is 5.56 Å². The predicted octanol–water partition coefficient (Wildman–Crippen LogP) is 2.39. The van der Waals surface area contributed by atoms with Gasteiger partial charge in [0.2, 0.25) is 0 Å². The number of benzene rings is 1. The fourth-order valence-corrected chi connectivity index (χ4v) is 2.30. The number of hydrogen-bond acceptors (Lipinski definition) is 5. The lowest BCUT2D eigenvalue weighted by atomic mass is 10.2. The number of nitrogens with one attached hydrogen (secondary N) is 1. The van der Waals surface area contributed by atoms with Crippen molar-refractivity contribution < 1.29 is 0 Å². The van der Waals surface area contributed by atoms with Gasteiger partial charge in [-0.2, -0.15) is 0 Å². The van der Waals surface area contributed by atoms with Crippen LogP contribution in [0.3, 0.4) is 0 Å². The van der Waals surface area contributed by atoms with Gasteiger partial charge in [-0.05, 0) is 36.4 Å². The highest BCUT2D eigenvalue weighted by molar-refractivity contribution is 7.99. The molecule has 0 saturated heterocycles. The van der Waals surface area contributed by atoms with Crippen LogP contribution >= 0.6 is 11.8 Å². The number of aromatic nitrogens is 4. The molecule has 0 bridgehead atoms. The van der Waals surface area contributed by atoms with E-state index >= 15 is 0 Å². The van der Waals surface area contributed by atoms with Crippen LogP contribution < -0.4 is 5.73 Å². The smallest absolute Gasteiger partial charge is 0.195 e. The summed E-state index contributed by atoms with van der Waals surface area (Å²) in [6, 6.07) is 6.10. The molecule has 0 fully saturated rings. The van der Waals surface area contributed by atoms with Crippen LogP contribution in [0.4, 0.5) is 5.69 Å². The number of nitrogen functional groups attached to an aromatic ring is 1. The van der Waals surface area contributed by atoms with Crippen molar-refractivity contribution in [3.8, 4) is 0 Å². The van der Waals surface area contributed by atoms with Gasteiger partial charge in [-0.15, -0.1) is 0 Å². The highest BCUT2D eigenvalue weighted by Gasteiger charge is 2.06. The number of nitrogens with zero attached hydrogens (tertiary/aromatic N) is 3. The van der Waals surface area contributed by atoms with E-state index in [1.165, 1.54) is 17.3 Å². The Bertz CT molecular complexity index is 689. The number of H-pyrrole nitrogens is 1. The number of anilines is 1. The highest BCUT2D eigenvalue weighted by Crippen LogP contribution is 2.24. The van der Waals surface area contributed by atoms with Crippen LogP contribution in [-0.4, -0.2) is 19.9 Å². The molecule has 3 rings (SSSR count). The maximum Gasteiger partial charge on any atom is 0.195 e.